The van der Waals surface area contributed by atoms with Crippen LogP contribution in [0.4, 0.5) is 5.69 Å². The van der Waals surface area contributed by atoms with Gasteiger partial charge in [-0.05, 0) is 56.3 Å². The minimum absolute atomic E-state index is 0.273. The molecule has 2 amide bonds. The van der Waals surface area contributed by atoms with Crippen molar-refractivity contribution >= 4 is 17.5 Å². The molecule has 0 radical (unpaired) electrons. The van der Waals surface area contributed by atoms with Crippen molar-refractivity contribution in [3.05, 3.63) is 77.1 Å². The molecule has 138 valence electrons. The van der Waals surface area contributed by atoms with Gasteiger partial charge in [-0.25, -0.2) is 0 Å². The summed E-state index contributed by atoms with van der Waals surface area (Å²) in [6.45, 7) is 3.82. The standard InChI is InChI=1S/C21H21N3O3/c1-13-12-18(14(2)24(13)15-8-10-16(27-3)11-9-15)21(26)23-19-7-5-4-6-17(19)20(22)25/h4-12H,1-3H3,(H2,22,25)(H,23,26). The van der Waals surface area contributed by atoms with Gasteiger partial charge in [0.25, 0.3) is 11.8 Å². The van der Waals surface area contributed by atoms with Gasteiger partial charge in [0, 0.05) is 17.1 Å². The Morgan fingerprint density at radius 3 is 2.30 bits per heavy atom. The van der Waals surface area contributed by atoms with E-state index in [1.165, 1.54) is 0 Å². The number of carbonyl (C=O) groups is 2. The van der Waals surface area contributed by atoms with E-state index in [0.29, 0.717) is 11.3 Å². The fraction of sp³-hybridized carbons (Fsp3) is 0.143. The van der Waals surface area contributed by atoms with Crippen molar-refractivity contribution in [1.29, 1.82) is 0 Å². The monoisotopic (exact) mass is 363 g/mol. The Morgan fingerprint density at radius 2 is 1.67 bits per heavy atom. The van der Waals surface area contributed by atoms with Crippen LogP contribution in [-0.2, 0) is 0 Å². The minimum Gasteiger partial charge on any atom is -0.497 e. The zero-order valence-electron chi connectivity index (χ0n) is 15.4. The van der Waals surface area contributed by atoms with Crippen LogP contribution in [0.1, 0.15) is 32.1 Å². The van der Waals surface area contributed by atoms with Crippen LogP contribution in [0.15, 0.2) is 54.6 Å². The fourth-order valence-corrected chi connectivity index (χ4v) is 3.12. The smallest absolute Gasteiger partial charge is 0.257 e. The maximum Gasteiger partial charge on any atom is 0.257 e. The normalized spacial score (nSPS) is 10.5. The van der Waals surface area contributed by atoms with E-state index in [9.17, 15) is 9.59 Å². The third kappa shape index (κ3) is 3.55. The first kappa shape index (κ1) is 18.3. The van der Waals surface area contributed by atoms with Crippen molar-refractivity contribution in [1.82, 2.24) is 4.57 Å². The Labute approximate surface area is 157 Å². The molecule has 0 aliphatic carbocycles. The Bertz CT molecular complexity index is 1000. The average molecular weight is 363 g/mol. The van der Waals surface area contributed by atoms with Gasteiger partial charge in [-0.1, -0.05) is 12.1 Å². The van der Waals surface area contributed by atoms with Crippen LogP contribution in [0.3, 0.4) is 0 Å². The van der Waals surface area contributed by atoms with Crippen LogP contribution in [0.2, 0.25) is 0 Å². The second-order valence-corrected chi connectivity index (χ2v) is 6.18. The van der Waals surface area contributed by atoms with Crippen molar-refractivity contribution < 1.29 is 14.3 Å². The lowest BCUT2D eigenvalue weighted by atomic mass is 10.1. The van der Waals surface area contributed by atoms with E-state index in [-0.39, 0.29) is 11.5 Å². The highest BCUT2D eigenvalue weighted by Gasteiger charge is 2.18. The Morgan fingerprint density at radius 1 is 1.00 bits per heavy atom. The van der Waals surface area contributed by atoms with Gasteiger partial charge in [0.15, 0.2) is 0 Å². The maximum absolute atomic E-state index is 12.8. The molecule has 6 heteroatoms. The number of primary amides is 1. The molecule has 1 aromatic heterocycles. The van der Waals surface area contributed by atoms with Gasteiger partial charge >= 0.3 is 0 Å². The quantitative estimate of drug-likeness (QED) is 0.728. The van der Waals surface area contributed by atoms with E-state index in [1.54, 1.807) is 31.4 Å². The van der Waals surface area contributed by atoms with E-state index in [1.807, 2.05) is 48.7 Å². The molecule has 0 saturated carbocycles. The Hall–Kier alpha value is -3.54. The number of rotatable bonds is 5. The van der Waals surface area contributed by atoms with Gasteiger partial charge in [0.1, 0.15) is 5.75 Å². The maximum atomic E-state index is 12.8. The molecule has 0 bridgehead atoms. The molecule has 27 heavy (non-hydrogen) atoms. The first-order chi connectivity index (χ1) is 12.9. The highest BCUT2D eigenvalue weighted by Crippen LogP contribution is 2.24. The van der Waals surface area contributed by atoms with E-state index in [0.717, 1.165) is 22.8 Å². The predicted octanol–water partition coefficient (Wildman–Crippen LogP) is 3.45. The molecule has 2 aromatic carbocycles. The number of methoxy groups -OCH3 is 1. The zero-order valence-corrected chi connectivity index (χ0v) is 15.4. The lowest BCUT2D eigenvalue weighted by molar-refractivity contribution is 0.100. The topological polar surface area (TPSA) is 86.3 Å². The zero-order chi connectivity index (χ0) is 19.6. The number of nitrogens with two attached hydrogens (primary N) is 1. The third-order valence-corrected chi connectivity index (χ3v) is 4.45. The summed E-state index contributed by atoms with van der Waals surface area (Å²) in [5.74, 6) is -0.117. The van der Waals surface area contributed by atoms with Gasteiger partial charge in [0.05, 0.1) is 23.9 Å². The summed E-state index contributed by atoms with van der Waals surface area (Å²) < 4.78 is 7.19. The number of para-hydroxylation sites is 1. The Balaban J connectivity index is 1.94. The molecule has 3 rings (SSSR count). The van der Waals surface area contributed by atoms with E-state index < -0.39 is 5.91 Å². The largest absolute Gasteiger partial charge is 0.497 e. The van der Waals surface area contributed by atoms with Crippen LogP contribution in [0, 0.1) is 13.8 Å². The van der Waals surface area contributed by atoms with Gasteiger partial charge in [-0.15, -0.1) is 0 Å². The van der Waals surface area contributed by atoms with E-state index in [2.05, 4.69) is 5.32 Å². The Kier molecular flexibility index (Phi) is 4.98. The minimum atomic E-state index is -0.588. The van der Waals surface area contributed by atoms with Gasteiger partial charge < -0.3 is 20.4 Å². The van der Waals surface area contributed by atoms with Crippen LogP contribution < -0.4 is 15.8 Å². The van der Waals surface area contributed by atoms with Gasteiger partial charge in [0.2, 0.25) is 0 Å². The first-order valence-corrected chi connectivity index (χ1v) is 8.46. The number of anilines is 1. The number of aryl methyl sites for hydroxylation is 1. The summed E-state index contributed by atoms with van der Waals surface area (Å²) in [6.07, 6.45) is 0. The van der Waals surface area contributed by atoms with E-state index in [4.69, 9.17) is 10.5 Å². The first-order valence-electron chi connectivity index (χ1n) is 8.46. The van der Waals surface area contributed by atoms with Crippen molar-refractivity contribution in [2.45, 2.75) is 13.8 Å². The number of amides is 2. The third-order valence-electron chi connectivity index (χ3n) is 4.45. The molecule has 0 aliphatic rings. The van der Waals surface area contributed by atoms with Crippen LogP contribution >= 0.6 is 0 Å². The molecule has 3 aromatic rings. The fourth-order valence-electron chi connectivity index (χ4n) is 3.12. The summed E-state index contributed by atoms with van der Waals surface area (Å²) in [6, 6.07) is 16.1. The molecule has 0 aliphatic heterocycles. The molecule has 0 spiro atoms. The lowest BCUT2D eigenvalue weighted by Crippen LogP contribution is -2.18. The molecule has 6 nitrogen and oxygen atoms in total. The van der Waals surface area contributed by atoms with Crippen LogP contribution in [0.5, 0.6) is 5.75 Å². The van der Waals surface area contributed by atoms with Crippen molar-refractivity contribution in [2.75, 3.05) is 12.4 Å². The summed E-state index contributed by atoms with van der Waals surface area (Å²) >= 11 is 0. The number of nitrogens with one attached hydrogen (secondary N) is 1. The van der Waals surface area contributed by atoms with Crippen LogP contribution in [-0.4, -0.2) is 23.5 Å². The van der Waals surface area contributed by atoms with Crippen molar-refractivity contribution in [3.63, 3.8) is 0 Å². The SMILES string of the molecule is COc1ccc(-n2c(C)cc(C(=O)Nc3ccccc3C(N)=O)c2C)cc1. The number of aromatic nitrogens is 1. The second kappa shape index (κ2) is 7.37. The molecule has 0 saturated heterocycles. The summed E-state index contributed by atoms with van der Waals surface area (Å²) in [5, 5.41) is 2.79. The van der Waals surface area contributed by atoms with Crippen molar-refractivity contribution in [2.24, 2.45) is 5.73 Å². The predicted molar refractivity (Wildman–Crippen MR) is 105 cm³/mol. The summed E-state index contributed by atoms with van der Waals surface area (Å²) in [7, 11) is 1.62. The van der Waals surface area contributed by atoms with Gasteiger partial charge in [-0.3, -0.25) is 9.59 Å². The molecule has 1 heterocycles. The molecule has 3 N–H and O–H groups in total. The molecular weight excluding hydrogens is 342 g/mol. The summed E-state index contributed by atoms with van der Waals surface area (Å²) in [4.78, 5) is 24.4. The number of hydrogen-bond donors (Lipinski definition) is 2. The second-order valence-electron chi connectivity index (χ2n) is 6.18. The summed E-state index contributed by atoms with van der Waals surface area (Å²) in [5.41, 5.74) is 9.23. The highest BCUT2D eigenvalue weighted by atomic mass is 16.5. The molecule has 0 unspecified atom stereocenters. The van der Waals surface area contributed by atoms with Crippen molar-refractivity contribution in [3.8, 4) is 11.4 Å². The van der Waals surface area contributed by atoms with Gasteiger partial charge in [-0.2, -0.15) is 0 Å². The molecule has 0 fully saturated rings. The highest BCUT2D eigenvalue weighted by molar-refractivity contribution is 6.09. The van der Waals surface area contributed by atoms with E-state index >= 15 is 0 Å². The number of ether oxygens (including phenoxy) is 1. The number of hydrogen-bond acceptors (Lipinski definition) is 3. The lowest BCUT2D eigenvalue weighted by Gasteiger charge is -2.11. The molecule has 0 atom stereocenters. The number of carbonyl (C=O) groups excluding carboxylic acids is 2. The van der Waals surface area contributed by atoms with Crippen LogP contribution in [0.25, 0.3) is 5.69 Å². The number of nitrogens with zero attached hydrogens (tertiary/aromatic N) is 1. The molecular formula is C21H21N3O3. The number of benzene rings is 2. The average Bonchev–Trinajstić information content (AvgIpc) is 2.96.